The molecule has 0 saturated heterocycles. The SMILES string of the molecule is COC(=O)Cn1cnc(-c2ccccc2C)n1. The Kier molecular flexibility index (Phi) is 3.18. The van der Waals surface area contributed by atoms with E-state index in [1.165, 1.54) is 18.1 Å². The van der Waals surface area contributed by atoms with E-state index < -0.39 is 0 Å². The second-order valence-corrected chi connectivity index (χ2v) is 3.66. The van der Waals surface area contributed by atoms with Crippen LogP contribution in [0.15, 0.2) is 30.6 Å². The van der Waals surface area contributed by atoms with Crippen molar-refractivity contribution in [3.05, 3.63) is 36.2 Å². The number of methoxy groups -OCH3 is 1. The minimum Gasteiger partial charge on any atom is -0.468 e. The fourth-order valence-electron chi connectivity index (χ4n) is 1.51. The molecule has 1 aromatic heterocycles. The number of carbonyl (C=O) groups excluding carboxylic acids is 1. The van der Waals surface area contributed by atoms with Gasteiger partial charge in [-0.2, -0.15) is 5.10 Å². The highest BCUT2D eigenvalue weighted by atomic mass is 16.5. The standard InChI is InChI=1S/C12H13N3O2/c1-9-5-3-4-6-10(9)12-13-8-15(14-12)7-11(16)17-2/h3-6,8H,7H2,1-2H3. The number of aryl methyl sites for hydroxylation is 1. The van der Waals surface area contributed by atoms with Crippen molar-refractivity contribution < 1.29 is 9.53 Å². The molecule has 0 bridgehead atoms. The van der Waals surface area contributed by atoms with E-state index in [4.69, 9.17) is 0 Å². The minimum atomic E-state index is -0.341. The van der Waals surface area contributed by atoms with Gasteiger partial charge in [-0.3, -0.25) is 4.79 Å². The van der Waals surface area contributed by atoms with Gasteiger partial charge in [0, 0.05) is 5.56 Å². The number of carbonyl (C=O) groups is 1. The maximum Gasteiger partial charge on any atom is 0.327 e. The van der Waals surface area contributed by atoms with Crippen LogP contribution >= 0.6 is 0 Å². The van der Waals surface area contributed by atoms with Gasteiger partial charge in [0.1, 0.15) is 12.9 Å². The van der Waals surface area contributed by atoms with Gasteiger partial charge in [-0.15, -0.1) is 0 Å². The van der Waals surface area contributed by atoms with Gasteiger partial charge < -0.3 is 4.74 Å². The zero-order chi connectivity index (χ0) is 12.3. The quantitative estimate of drug-likeness (QED) is 0.750. The van der Waals surface area contributed by atoms with Crippen molar-refractivity contribution >= 4 is 5.97 Å². The van der Waals surface area contributed by atoms with Crippen LogP contribution in [-0.4, -0.2) is 27.8 Å². The molecule has 0 saturated carbocycles. The van der Waals surface area contributed by atoms with Gasteiger partial charge in [-0.1, -0.05) is 24.3 Å². The molecule has 1 aromatic carbocycles. The van der Waals surface area contributed by atoms with Crippen LogP contribution in [0.2, 0.25) is 0 Å². The molecule has 0 aliphatic carbocycles. The number of hydrogen-bond donors (Lipinski definition) is 0. The second kappa shape index (κ2) is 4.78. The normalized spacial score (nSPS) is 10.2. The van der Waals surface area contributed by atoms with Crippen molar-refractivity contribution in [2.75, 3.05) is 7.11 Å². The Bertz CT molecular complexity index is 534. The third kappa shape index (κ3) is 2.50. The number of ether oxygens (including phenoxy) is 1. The predicted molar refractivity (Wildman–Crippen MR) is 62.2 cm³/mol. The molecule has 0 atom stereocenters. The van der Waals surface area contributed by atoms with E-state index >= 15 is 0 Å². The van der Waals surface area contributed by atoms with Gasteiger partial charge in [-0.05, 0) is 12.5 Å². The summed E-state index contributed by atoms with van der Waals surface area (Å²) in [5, 5.41) is 4.23. The molecule has 0 N–H and O–H groups in total. The molecule has 5 nitrogen and oxygen atoms in total. The van der Waals surface area contributed by atoms with Crippen LogP contribution in [-0.2, 0) is 16.1 Å². The van der Waals surface area contributed by atoms with Crippen LogP contribution in [0.1, 0.15) is 5.56 Å². The van der Waals surface area contributed by atoms with Crippen molar-refractivity contribution in [2.45, 2.75) is 13.5 Å². The fraction of sp³-hybridized carbons (Fsp3) is 0.250. The molecule has 0 amide bonds. The summed E-state index contributed by atoms with van der Waals surface area (Å²) < 4.78 is 6.03. The zero-order valence-electron chi connectivity index (χ0n) is 9.75. The number of benzene rings is 1. The lowest BCUT2D eigenvalue weighted by Crippen LogP contribution is -2.11. The molecule has 0 aliphatic rings. The van der Waals surface area contributed by atoms with E-state index in [-0.39, 0.29) is 12.5 Å². The number of aromatic nitrogens is 3. The Morgan fingerprint density at radius 1 is 1.41 bits per heavy atom. The lowest BCUT2D eigenvalue weighted by atomic mass is 10.1. The van der Waals surface area contributed by atoms with Crippen LogP contribution in [0.5, 0.6) is 0 Å². The van der Waals surface area contributed by atoms with Gasteiger partial charge in [0.2, 0.25) is 0 Å². The van der Waals surface area contributed by atoms with Crippen LogP contribution in [0, 0.1) is 6.92 Å². The monoisotopic (exact) mass is 231 g/mol. The molecule has 2 rings (SSSR count). The summed E-state index contributed by atoms with van der Waals surface area (Å²) in [6, 6.07) is 7.84. The Labute approximate surface area is 99.1 Å². The molecule has 0 spiro atoms. The maximum atomic E-state index is 11.1. The highest BCUT2D eigenvalue weighted by molar-refractivity contribution is 5.69. The largest absolute Gasteiger partial charge is 0.468 e. The van der Waals surface area contributed by atoms with Gasteiger partial charge in [0.15, 0.2) is 5.82 Å². The van der Waals surface area contributed by atoms with E-state index in [1.54, 1.807) is 0 Å². The van der Waals surface area contributed by atoms with Crippen LogP contribution in [0.4, 0.5) is 0 Å². The third-order valence-corrected chi connectivity index (χ3v) is 2.44. The van der Waals surface area contributed by atoms with E-state index in [1.807, 2.05) is 31.2 Å². The van der Waals surface area contributed by atoms with Gasteiger partial charge in [-0.25, -0.2) is 9.67 Å². The highest BCUT2D eigenvalue weighted by Crippen LogP contribution is 2.18. The topological polar surface area (TPSA) is 57.0 Å². The Morgan fingerprint density at radius 2 is 2.18 bits per heavy atom. The summed E-state index contributed by atoms with van der Waals surface area (Å²) in [5.74, 6) is 0.276. The van der Waals surface area contributed by atoms with E-state index in [9.17, 15) is 4.79 Å². The van der Waals surface area contributed by atoms with Crippen molar-refractivity contribution in [1.29, 1.82) is 0 Å². The van der Waals surface area contributed by atoms with E-state index in [0.29, 0.717) is 5.82 Å². The number of esters is 1. The average Bonchev–Trinajstić information content (AvgIpc) is 2.78. The van der Waals surface area contributed by atoms with Crippen LogP contribution in [0.3, 0.4) is 0 Å². The Balaban J connectivity index is 2.24. The summed E-state index contributed by atoms with van der Waals surface area (Å²) in [4.78, 5) is 15.3. The van der Waals surface area contributed by atoms with Crippen molar-refractivity contribution in [3.63, 3.8) is 0 Å². The third-order valence-electron chi connectivity index (χ3n) is 2.44. The number of rotatable bonds is 3. The van der Waals surface area contributed by atoms with E-state index in [2.05, 4.69) is 14.8 Å². The van der Waals surface area contributed by atoms with Crippen molar-refractivity contribution in [2.24, 2.45) is 0 Å². The highest BCUT2D eigenvalue weighted by Gasteiger charge is 2.08. The van der Waals surface area contributed by atoms with Gasteiger partial charge >= 0.3 is 5.97 Å². The summed E-state index contributed by atoms with van der Waals surface area (Å²) >= 11 is 0. The molecule has 88 valence electrons. The summed E-state index contributed by atoms with van der Waals surface area (Å²) in [7, 11) is 1.35. The molecule has 0 radical (unpaired) electrons. The molecular formula is C12H13N3O2. The first-order chi connectivity index (χ1) is 8.20. The van der Waals surface area contributed by atoms with Crippen LogP contribution < -0.4 is 0 Å². The van der Waals surface area contributed by atoms with Crippen molar-refractivity contribution in [3.8, 4) is 11.4 Å². The first-order valence-corrected chi connectivity index (χ1v) is 5.23. The molecule has 0 fully saturated rings. The van der Waals surface area contributed by atoms with Gasteiger partial charge in [0.25, 0.3) is 0 Å². The molecule has 0 aliphatic heterocycles. The summed E-state index contributed by atoms with van der Waals surface area (Å²) in [5.41, 5.74) is 2.07. The molecule has 2 aromatic rings. The maximum absolute atomic E-state index is 11.1. The molecule has 1 heterocycles. The lowest BCUT2D eigenvalue weighted by molar-refractivity contribution is -0.141. The first-order valence-electron chi connectivity index (χ1n) is 5.23. The fourth-order valence-corrected chi connectivity index (χ4v) is 1.51. The first kappa shape index (κ1) is 11.3. The lowest BCUT2D eigenvalue weighted by Gasteiger charge is -2.00. The molecule has 17 heavy (non-hydrogen) atoms. The minimum absolute atomic E-state index is 0.0788. The molecule has 5 heteroatoms. The second-order valence-electron chi connectivity index (χ2n) is 3.66. The average molecular weight is 231 g/mol. The van der Waals surface area contributed by atoms with E-state index in [0.717, 1.165) is 11.1 Å². The van der Waals surface area contributed by atoms with Gasteiger partial charge in [0.05, 0.1) is 7.11 Å². The number of hydrogen-bond acceptors (Lipinski definition) is 4. The molecule has 0 unspecified atom stereocenters. The Morgan fingerprint density at radius 3 is 2.88 bits per heavy atom. The zero-order valence-corrected chi connectivity index (χ0v) is 9.75. The smallest absolute Gasteiger partial charge is 0.327 e. The summed E-state index contributed by atoms with van der Waals surface area (Å²) in [6.45, 7) is 2.08. The Hall–Kier alpha value is -2.17. The van der Waals surface area contributed by atoms with Crippen molar-refractivity contribution in [1.82, 2.24) is 14.8 Å². The summed E-state index contributed by atoms with van der Waals surface area (Å²) in [6.07, 6.45) is 1.53. The molecular weight excluding hydrogens is 218 g/mol. The van der Waals surface area contributed by atoms with Crippen LogP contribution in [0.25, 0.3) is 11.4 Å². The predicted octanol–water partition coefficient (Wildman–Crippen LogP) is 1.43. The number of nitrogens with zero attached hydrogens (tertiary/aromatic N) is 3.